The summed E-state index contributed by atoms with van der Waals surface area (Å²) in [5.41, 5.74) is 1.24. The van der Waals surface area contributed by atoms with E-state index in [1.165, 1.54) is 63.4 Å². The number of carbonyl (C=O) groups is 1. The second-order valence-electron chi connectivity index (χ2n) is 10.2. The van der Waals surface area contributed by atoms with Gasteiger partial charge in [0.2, 0.25) is 0 Å². The number of rotatable bonds is 21. The van der Waals surface area contributed by atoms with E-state index in [9.17, 15) is 15.0 Å². The van der Waals surface area contributed by atoms with E-state index >= 15 is 0 Å². The molecular weight excluding hydrogens is 420 g/mol. The molecule has 0 bridgehead atoms. The summed E-state index contributed by atoms with van der Waals surface area (Å²) in [4.78, 5) is 12.0. The van der Waals surface area contributed by atoms with Gasteiger partial charge in [0.1, 0.15) is 0 Å². The van der Waals surface area contributed by atoms with Crippen LogP contribution in [0.15, 0.2) is 42.5 Å². The number of unbranched alkanes of at least 4 members (excludes halogenated alkanes) is 6. The number of benzene rings is 1. The van der Waals surface area contributed by atoms with Crippen molar-refractivity contribution in [1.29, 1.82) is 0 Å². The summed E-state index contributed by atoms with van der Waals surface area (Å²) in [6, 6.07) is 10.3. The summed E-state index contributed by atoms with van der Waals surface area (Å²) in [5, 5.41) is 20.0. The molecule has 0 spiro atoms. The number of aliphatic hydroxyl groups excluding tert-OH is 1. The van der Waals surface area contributed by atoms with E-state index in [0.29, 0.717) is 5.92 Å². The van der Waals surface area contributed by atoms with Crippen LogP contribution in [0.5, 0.6) is 0 Å². The molecule has 0 aliphatic heterocycles. The second kappa shape index (κ2) is 19.7. The van der Waals surface area contributed by atoms with Crippen LogP contribution in [-0.2, 0) is 11.2 Å². The summed E-state index contributed by atoms with van der Waals surface area (Å²) in [5.74, 6) is -0.866. The molecule has 3 heteroatoms. The zero-order chi connectivity index (χ0) is 25.0. The smallest absolute Gasteiger partial charge is 0.309 e. The van der Waals surface area contributed by atoms with Crippen LogP contribution in [0.3, 0.4) is 0 Å². The van der Waals surface area contributed by atoms with Crippen molar-refractivity contribution in [3.8, 4) is 0 Å². The molecule has 3 nitrogen and oxygen atoms in total. The van der Waals surface area contributed by atoms with Crippen molar-refractivity contribution >= 4 is 5.97 Å². The minimum atomic E-state index is -0.862. The first kappa shape index (κ1) is 30.4. The highest BCUT2D eigenvalue weighted by atomic mass is 16.4. The fraction of sp³-hybridized carbons (Fsp3) is 0.710. The average Bonchev–Trinajstić information content (AvgIpc) is 2.81. The van der Waals surface area contributed by atoms with Crippen molar-refractivity contribution in [2.75, 3.05) is 0 Å². The summed E-state index contributed by atoms with van der Waals surface area (Å²) >= 11 is 0. The molecule has 0 heterocycles. The van der Waals surface area contributed by atoms with Crippen LogP contribution in [0.25, 0.3) is 0 Å². The molecule has 0 aromatic heterocycles. The molecule has 4 atom stereocenters. The summed E-state index contributed by atoms with van der Waals surface area (Å²) in [6.07, 6.45) is 21.4. The molecular formula is C31H52O3. The monoisotopic (exact) mass is 472 g/mol. The number of aryl methyl sites for hydroxylation is 1. The van der Waals surface area contributed by atoms with Crippen LogP contribution >= 0.6 is 0 Å². The first-order valence-corrected chi connectivity index (χ1v) is 14.1. The molecule has 0 aliphatic carbocycles. The van der Waals surface area contributed by atoms with E-state index in [1.807, 2.05) is 18.2 Å². The maximum atomic E-state index is 12.0. The van der Waals surface area contributed by atoms with Gasteiger partial charge in [0, 0.05) is 0 Å². The van der Waals surface area contributed by atoms with Crippen LogP contribution < -0.4 is 0 Å². The van der Waals surface area contributed by atoms with Gasteiger partial charge in [0.05, 0.1) is 12.0 Å². The molecule has 2 N–H and O–H groups in total. The lowest BCUT2D eigenvalue weighted by molar-refractivity contribution is -0.148. The van der Waals surface area contributed by atoms with Crippen molar-refractivity contribution in [3.63, 3.8) is 0 Å². The normalized spacial score (nSPS) is 15.3. The van der Waals surface area contributed by atoms with Gasteiger partial charge in [-0.15, -0.1) is 0 Å². The van der Waals surface area contributed by atoms with Crippen LogP contribution in [0, 0.1) is 17.8 Å². The predicted molar refractivity (Wildman–Crippen MR) is 145 cm³/mol. The minimum Gasteiger partial charge on any atom is -0.481 e. The van der Waals surface area contributed by atoms with Crippen molar-refractivity contribution < 1.29 is 15.0 Å². The van der Waals surface area contributed by atoms with Crippen LogP contribution in [0.2, 0.25) is 0 Å². The molecule has 1 aromatic rings. The predicted octanol–water partition coefficient (Wildman–Crippen LogP) is 8.60. The Labute approximate surface area is 210 Å². The Morgan fingerprint density at radius 2 is 1.53 bits per heavy atom. The minimum absolute atomic E-state index is 0.00288. The van der Waals surface area contributed by atoms with E-state index in [2.05, 4.69) is 38.1 Å². The molecule has 0 saturated carbocycles. The van der Waals surface area contributed by atoms with E-state index < -0.39 is 18.0 Å². The molecule has 0 saturated heterocycles. The molecule has 194 valence electrons. The molecule has 1 aromatic carbocycles. The Morgan fingerprint density at radius 1 is 0.853 bits per heavy atom. The number of carboxylic acid groups (broad SMARTS) is 1. The fourth-order valence-electron chi connectivity index (χ4n) is 5.13. The van der Waals surface area contributed by atoms with Crippen LogP contribution in [0.1, 0.15) is 116 Å². The molecule has 0 unspecified atom stereocenters. The summed E-state index contributed by atoms with van der Waals surface area (Å²) < 4.78 is 0. The van der Waals surface area contributed by atoms with Crippen LogP contribution in [-0.4, -0.2) is 22.3 Å². The number of carboxylic acids is 1. The van der Waals surface area contributed by atoms with E-state index in [1.54, 1.807) is 6.92 Å². The van der Waals surface area contributed by atoms with Crippen LogP contribution in [0.4, 0.5) is 0 Å². The maximum absolute atomic E-state index is 12.0. The van der Waals surface area contributed by atoms with E-state index in [4.69, 9.17) is 0 Å². The number of aliphatic hydroxyl groups is 1. The van der Waals surface area contributed by atoms with Gasteiger partial charge in [-0.1, -0.05) is 114 Å². The lowest BCUT2D eigenvalue weighted by atomic mass is 9.79. The van der Waals surface area contributed by atoms with E-state index in [-0.39, 0.29) is 5.92 Å². The van der Waals surface area contributed by atoms with Gasteiger partial charge >= 0.3 is 5.97 Å². The third kappa shape index (κ3) is 13.9. The molecule has 0 radical (unpaired) electrons. The van der Waals surface area contributed by atoms with Gasteiger partial charge in [-0.25, -0.2) is 0 Å². The summed E-state index contributed by atoms with van der Waals surface area (Å²) in [6.45, 7) is 6.14. The molecule has 0 aliphatic rings. The Hall–Kier alpha value is -1.61. The third-order valence-electron chi connectivity index (χ3n) is 7.22. The number of aliphatic carboxylic acids is 1. The topological polar surface area (TPSA) is 57.5 Å². The Balaban J connectivity index is 2.64. The highest BCUT2D eigenvalue weighted by Gasteiger charge is 2.31. The van der Waals surface area contributed by atoms with Gasteiger partial charge in [0.25, 0.3) is 0 Å². The lowest BCUT2D eigenvalue weighted by Crippen LogP contribution is -2.33. The van der Waals surface area contributed by atoms with E-state index in [0.717, 1.165) is 38.5 Å². The highest BCUT2D eigenvalue weighted by molar-refractivity contribution is 5.71. The highest BCUT2D eigenvalue weighted by Crippen LogP contribution is 2.30. The molecule has 0 fully saturated rings. The molecule has 0 amide bonds. The SMILES string of the molecule is CCCCCC/C=C\C[C@H](CCCCC)CCC[C@H](CCc1ccccc1)[C@H](C(=O)O)[C@H](C)O. The van der Waals surface area contributed by atoms with Crippen molar-refractivity contribution in [1.82, 2.24) is 0 Å². The van der Waals surface area contributed by atoms with Crippen molar-refractivity contribution in [2.45, 2.75) is 123 Å². The Bertz CT molecular complexity index is 637. The third-order valence-corrected chi connectivity index (χ3v) is 7.22. The van der Waals surface area contributed by atoms with Gasteiger partial charge in [0.15, 0.2) is 0 Å². The van der Waals surface area contributed by atoms with Crippen molar-refractivity contribution in [3.05, 3.63) is 48.0 Å². The van der Waals surface area contributed by atoms with Gasteiger partial charge in [-0.3, -0.25) is 4.79 Å². The summed E-state index contributed by atoms with van der Waals surface area (Å²) in [7, 11) is 0. The molecule has 34 heavy (non-hydrogen) atoms. The standard InChI is InChI=1S/C31H52O3/c1-4-6-8-9-10-11-14-19-27(18-13-7-5-2)22-17-23-29(30(26(3)32)31(33)34)25-24-28-20-15-12-16-21-28/h11-12,14-16,20-21,26-27,29-30,32H,4-10,13,17-19,22-25H2,1-3H3,(H,33,34)/b14-11-/t26-,27-,29+,30+/m0/s1. The Kier molecular flexibility index (Phi) is 17.6. The zero-order valence-electron chi connectivity index (χ0n) is 22.3. The Morgan fingerprint density at radius 3 is 2.18 bits per heavy atom. The second-order valence-corrected chi connectivity index (χ2v) is 10.2. The quantitative estimate of drug-likeness (QED) is 0.139. The number of allylic oxidation sites excluding steroid dienone is 2. The largest absolute Gasteiger partial charge is 0.481 e. The number of hydrogen-bond acceptors (Lipinski definition) is 2. The van der Waals surface area contributed by atoms with Gasteiger partial charge < -0.3 is 10.2 Å². The maximum Gasteiger partial charge on any atom is 0.309 e. The zero-order valence-corrected chi connectivity index (χ0v) is 22.3. The average molecular weight is 473 g/mol. The first-order valence-electron chi connectivity index (χ1n) is 14.1. The van der Waals surface area contributed by atoms with Crippen molar-refractivity contribution in [2.24, 2.45) is 17.8 Å². The number of hydrogen-bond donors (Lipinski definition) is 2. The first-order chi connectivity index (χ1) is 16.5. The fourth-order valence-corrected chi connectivity index (χ4v) is 5.13. The lowest BCUT2D eigenvalue weighted by Gasteiger charge is -2.27. The van der Waals surface area contributed by atoms with Gasteiger partial charge in [-0.2, -0.15) is 0 Å². The molecule has 1 rings (SSSR count). The van der Waals surface area contributed by atoms with Gasteiger partial charge in [-0.05, 0) is 62.8 Å².